The van der Waals surface area contributed by atoms with Crippen LogP contribution in [0.15, 0.2) is 66.0 Å². The lowest BCUT2D eigenvalue weighted by Crippen LogP contribution is -2.21. The standard InChI is InChI=1S/C15H16N2O/c1-16-13-8-5-9-14(11-10-13)17-15(18)12-6-3-2-4-7-12/h2-7,9-11,16H,8H2,1H3,(H,17,18). The van der Waals surface area contributed by atoms with Crippen LogP contribution in [0.1, 0.15) is 16.8 Å². The molecule has 0 saturated carbocycles. The van der Waals surface area contributed by atoms with Crippen LogP contribution >= 0.6 is 0 Å². The number of rotatable bonds is 3. The van der Waals surface area contributed by atoms with Gasteiger partial charge in [-0.3, -0.25) is 4.79 Å². The van der Waals surface area contributed by atoms with Crippen LogP contribution in [0.2, 0.25) is 0 Å². The van der Waals surface area contributed by atoms with E-state index in [0.29, 0.717) is 5.56 Å². The molecular formula is C15H16N2O. The maximum atomic E-state index is 12.0. The van der Waals surface area contributed by atoms with Gasteiger partial charge >= 0.3 is 0 Å². The smallest absolute Gasteiger partial charge is 0.255 e. The molecular weight excluding hydrogens is 224 g/mol. The Hall–Kier alpha value is -2.29. The molecule has 0 saturated heterocycles. The number of carbonyl (C=O) groups excluding carboxylic acids is 1. The highest BCUT2D eigenvalue weighted by atomic mass is 16.1. The van der Waals surface area contributed by atoms with Gasteiger partial charge in [-0.05, 0) is 30.4 Å². The van der Waals surface area contributed by atoms with E-state index in [2.05, 4.69) is 10.6 Å². The van der Waals surface area contributed by atoms with Crippen molar-refractivity contribution in [2.24, 2.45) is 0 Å². The van der Waals surface area contributed by atoms with E-state index in [1.54, 1.807) is 12.1 Å². The number of benzene rings is 1. The maximum Gasteiger partial charge on any atom is 0.255 e. The molecule has 1 aliphatic rings. The van der Waals surface area contributed by atoms with Gasteiger partial charge in [-0.2, -0.15) is 0 Å². The van der Waals surface area contributed by atoms with E-state index in [0.717, 1.165) is 17.8 Å². The zero-order chi connectivity index (χ0) is 12.8. The second kappa shape index (κ2) is 5.87. The Labute approximate surface area is 107 Å². The normalized spacial score (nSPS) is 14.3. The number of hydrogen-bond acceptors (Lipinski definition) is 2. The van der Waals surface area contributed by atoms with E-state index in [4.69, 9.17) is 0 Å². The van der Waals surface area contributed by atoms with Crippen LogP contribution < -0.4 is 10.6 Å². The van der Waals surface area contributed by atoms with E-state index in [-0.39, 0.29) is 5.91 Å². The van der Waals surface area contributed by atoms with E-state index in [1.165, 1.54) is 0 Å². The van der Waals surface area contributed by atoms with Crippen LogP contribution in [0.4, 0.5) is 0 Å². The highest BCUT2D eigenvalue weighted by Gasteiger charge is 2.05. The minimum atomic E-state index is -0.0900. The van der Waals surface area contributed by atoms with Crippen LogP contribution in [0.25, 0.3) is 0 Å². The van der Waals surface area contributed by atoms with Gasteiger partial charge < -0.3 is 10.6 Å². The second-order valence-electron chi connectivity index (χ2n) is 3.99. The molecule has 3 heteroatoms. The maximum absolute atomic E-state index is 12.0. The van der Waals surface area contributed by atoms with E-state index in [9.17, 15) is 4.79 Å². The first-order chi connectivity index (χ1) is 8.79. The average molecular weight is 240 g/mol. The fraction of sp³-hybridized carbons (Fsp3) is 0.133. The fourth-order valence-electron chi connectivity index (χ4n) is 1.69. The Kier molecular flexibility index (Phi) is 3.97. The Morgan fingerprint density at radius 3 is 2.67 bits per heavy atom. The van der Waals surface area contributed by atoms with Gasteiger partial charge in [-0.25, -0.2) is 0 Å². The monoisotopic (exact) mass is 240 g/mol. The molecule has 92 valence electrons. The summed E-state index contributed by atoms with van der Waals surface area (Å²) in [4.78, 5) is 12.0. The number of amides is 1. The first kappa shape index (κ1) is 12.2. The summed E-state index contributed by atoms with van der Waals surface area (Å²) in [6, 6.07) is 9.19. The van der Waals surface area contributed by atoms with Gasteiger partial charge in [-0.15, -0.1) is 0 Å². The molecule has 0 unspecified atom stereocenters. The molecule has 0 spiro atoms. The Morgan fingerprint density at radius 2 is 1.94 bits per heavy atom. The van der Waals surface area contributed by atoms with Gasteiger partial charge in [0.1, 0.15) is 0 Å². The quantitative estimate of drug-likeness (QED) is 0.851. The number of carbonyl (C=O) groups is 1. The van der Waals surface area contributed by atoms with Crippen LogP contribution in [0, 0.1) is 0 Å². The van der Waals surface area contributed by atoms with Crippen molar-refractivity contribution in [3.8, 4) is 0 Å². The number of allylic oxidation sites excluding steroid dienone is 4. The van der Waals surface area contributed by atoms with Crippen molar-refractivity contribution >= 4 is 5.91 Å². The summed E-state index contributed by atoms with van der Waals surface area (Å²) < 4.78 is 0. The molecule has 1 aliphatic carbocycles. The van der Waals surface area contributed by atoms with Crippen molar-refractivity contribution in [2.45, 2.75) is 6.42 Å². The Balaban J connectivity index is 2.08. The summed E-state index contributed by atoms with van der Waals surface area (Å²) >= 11 is 0. The lowest BCUT2D eigenvalue weighted by molar-refractivity contribution is 0.0967. The van der Waals surface area contributed by atoms with Crippen molar-refractivity contribution < 1.29 is 4.79 Å². The van der Waals surface area contributed by atoms with Gasteiger partial charge in [0.15, 0.2) is 0 Å². The molecule has 0 atom stereocenters. The third-order valence-electron chi connectivity index (χ3n) is 2.71. The number of nitrogens with one attached hydrogen (secondary N) is 2. The Bertz CT molecular complexity index is 513. The summed E-state index contributed by atoms with van der Waals surface area (Å²) in [6.07, 6.45) is 8.66. The minimum absolute atomic E-state index is 0.0900. The summed E-state index contributed by atoms with van der Waals surface area (Å²) in [5, 5.41) is 5.98. The number of hydrogen-bond donors (Lipinski definition) is 2. The second-order valence-corrected chi connectivity index (χ2v) is 3.99. The van der Waals surface area contributed by atoms with Crippen molar-refractivity contribution in [1.82, 2.24) is 10.6 Å². The highest BCUT2D eigenvalue weighted by Crippen LogP contribution is 2.08. The third-order valence-corrected chi connectivity index (χ3v) is 2.71. The molecule has 2 N–H and O–H groups in total. The molecule has 1 aromatic rings. The van der Waals surface area contributed by atoms with E-state index < -0.39 is 0 Å². The molecule has 18 heavy (non-hydrogen) atoms. The predicted octanol–water partition coefficient (Wildman–Crippen LogP) is 2.36. The van der Waals surface area contributed by atoms with E-state index in [1.807, 2.05) is 49.6 Å². The molecule has 1 aromatic carbocycles. The van der Waals surface area contributed by atoms with Gasteiger partial charge in [0.2, 0.25) is 0 Å². The summed E-state index contributed by atoms with van der Waals surface area (Å²) in [5.41, 5.74) is 2.58. The topological polar surface area (TPSA) is 41.1 Å². The molecule has 0 fully saturated rings. The lowest BCUT2D eigenvalue weighted by Gasteiger charge is -2.04. The fourth-order valence-corrected chi connectivity index (χ4v) is 1.69. The molecule has 1 amide bonds. The lowest BCUT2D eigenvalue weighted by atomic mass is 10.2. The third kappa shape index (κ3) is 3.10. The summed E-state index contributed by atoms with van der Waals surface area (Å²) in [5.74, 6) is -0.0900. The molecule has 0 aliphatic heterocycles. The van der Waals surface area contributed by atoms with Crippen molar-refractivity contribution in [1.29, 1.82) is 0 Å². The van der Waals surface area contributed by atoms with E-state index >= 15 is 0 Å². The Morgan fingerprint density at radius 1 is 1.17 bits per heavy atom. The van der Waals surface area contributed by atoms with Gasteiger partial charge in [-0.1, -0.05) is 24.3 Å². The van der Waals surface area contributed by atoms with Crippen LogP contribution in [-0.4, -0.2) is 13.0 Å². The van der Waals surface area contributed by atoms with Crippen molar-refractivity contribution in [2.75, 3.05) is 7.05 Å². The molecule has 0 heterocycles. The first-order valence-electron chi connectivity index (χ1n) is 5.91. The molecule has 3 nitrogen and oxygen atoms in total. The first-order valence-corrected chi connectivity index (χ1v) is 5.91. The minimum Gasteiger partial charge on any atom is -0.391 e. The largest absolute Gasteiger partial charge is 0.391 e. The zero-order valence-electron chi connectivity index (χ0n) is 10.3. The average Bonchev–Trinajstić information content (AvgIpc) is 2.65. The van der Waals surface area contributed by atoms with Crippen LogP contribution in [0.5, 0.6) is 0 Å². The molecule has 2 rings (SSSR count). The van der Waals surface area contributed by atoms with Crippen LogP contribution in [-0.2, 0) is 0 Å². The summed E-state index contributed by atoms with van der Waals surface area (Å²) in [6.45, 7) is 0. The SMILES string of the molecule is CNC1=CC=C(NC(=O)c2ccccc2)C=CC1. The van der Waals surface area contributed by atoms with Crippen molar-refractivity contribution in [3.05, 3.63) is 71.6 Å². The van der Waals surface area contributed by atoms with Gasteiger partial charge in [0, 0.05) is 30.4 Å². The van der Waals surface area contributed by atoms with Crippen molar-refractivity contribution in [3.63, 3.8) is 0 Å². The molecule has 0 bridgehead atoms. The predicted molar refractivity (Wildman–Crippen MR) is 72.9 cm³/mol. The summed E-state index contributed by atoms with van der Waals surface area (Å²) in [7, 11) is 1.89. The van der Waals surface area contributed by atoms with Crippen LogP contribution in [0.3, 0.4) is 0 Å². The highest BCUT2D eigenvalue weighted by molar-refractivity contribution is 5.95. The molecule has 0 radical (unpaired) electrons. The zero-order valence-corrected chi connectivity index (χ0v) is 10.3. The van der Waals surface area contributed by atoms with Gasteiger partial charge in [0.05, 0.1) is 0 Å². The molecule has 0 aromatic heterocycles. The van der Waals surface area contributed by atoms with Gasteiger partial charge in [0.25, 0.3) is 5.91 Å².